The zero-order chi connectivity index (χ0) is 15.9. The maximum absolute atomic E-state index is 12.8. The number of nitrogens with zero attached hydrogens (tertiary/aromatic N) is 2. The Balaban J connectivity index is 0.00000169. The molecule has 3 aromatic rings. The summed E-state index contributed by atoms with van der Waals surface area (Å²) in [6.45, 7) is 1.57. The maximum Gasteiger partial charge on any atom is 0.264 e. The Hall–Kier alpha value is -2.16. The van der Waals surface area contributed by atoms with Gasteiger partial charge in [-0.15, -0.1) is 12.4 Å². The van der Waals surface area contributed by atoms with E-state index in [-0.39, 0.29) is 22.8 Å². The number of aromatic nitrogens is 2. The predicted octanol–water partition coefficient (Wildman–Crippen LogP) is 2.09. The number of benzene rings is 2. The standard InChI is InChI=1S/C15H14N4O3S.ClH/c20-23(21,14-6-2-5-13-15(14)18-22-17-13)19-12-4-1-3-10-9-16-8-7-11(10)12;/h1-6,16,19H,7-9H2;1H. The fourth-order valence-corrected chi connectivity index (χ4v) is 4.07. The lowest BCUT2D eigenvalue weighted by atomic mass is 9.99. The van der Waals surface area contributed by atoms with Crippen molar-refractivity contribution in [3.05, 3.63) is 47.5 Å². The molecule has 7 nitrogen and oxygen atoms in total. The third-order valence-electron chi connectivity index (χ3n) is 3.92. The lowest BCUT2D eigenvalue weighted by Gasteiger charge is -2.21. The van der Waals surface area contributed by atoms with Crippen molar-refractivity contribution in [1.29, 1.82) is 0 Å². The fraction of sp³-hybridized carbons (Fsp3) is 0.200. The molecule has 4 rings (SSSR count). The van der Waals surface area contributed by atoms with Gasteiger partial charge < -0.3 is 5.32 Å². The van der Waals surface area contributed by atoms with Crippen LogP contribution in [-0.4, -0.2) is 25.3 Å². The van der Waals surface area contributed by atoms with Crippen LogP contribution >= 0.6 is 12.4 Å². The lowest BCUT2D eigenvalue weighted by molar-refractivity contribution is 0.315. The van der Waals surface area contributed by atoms with E-state index in [9.17, 15) is 8.42 Å². The van der Waals surface area contributed by atoms with Gasteiger partial charge in [-0.25, -0.2) is 13.0 Å². The highest BCUT2D eigenvalue weighted by molar-refractivity contribution is 7.93. The van der Waals surface area contributed by atoms with Crippen molar-refractivity contribution in [2.24, 2.45) is 0 Å². The molecule has 0 fully saturated rings. The quantitative estimate of drug-likeness (QED) is 0.736. The van der Waals surface area contributed by atoms with E-state index in [4.69, 9.17) is 0 Å². The zero-order valence-corrected chi connectivity index (χ0v) is 14.2. The van der Waals surface area contributed by atoms with E-state index in [2.05, 4.69) is 25.0 Å². The van der Waals surface area contributed by atoms with Crippen LogP contribution in [0.3, 0.4) is 0 Å². The first kappa shape index (κ1) is 16.7. The Morgan fingerprint density at radius 1 is 1.12 bits per heavy atom. The first-order valence-electron chi connectivity index (χ1n) is 7.21. The van der Waals surface area contributed by atoms with E-state index in [1.54, 1.807) is 18.2 Å². The molecule has 2 heterocycles. The van der Waals surface area contributed by atoms with Gasteiger partial charge in [0.25, 0.3) is 10.0 Å². The molecule has 9 heteroatoms. The smallest absolute Gasteiger partial charge is 0.264 e. The van der Waals surface area contributed by atoms with Crippen LogP contribution in [0.25, 0.3) is 11.0 Å². The number of fused-ring (bicyclic) bond motifs is 2. The topological polar surface area (TPSA) is 97.1 Å². The normalized spacial score (nSPS) is 14.0. The van der Waals surface area contributed by atoms with Gasteiger partial charge >= 0.3 is 0 Å². The van der Waals surface area contributed by atoms with Gasteiger partial charge in [-0.05, 0) is 52.6 Å². The highest BCUT2D eigenvalue weighted by Crippen LogP contribution is 2.27. The number of hydrogen-bond acceptors (Lipinski definition) is 6. The van der Waals surface area contributed by atoms with Crippen LogP contribution in [0.5, 0.6) is 0 Å². The van der Waals surface area contributed by atoms with Crippen molar-refractivity contribution in [1.82, 2.24) is 15.6 Å². The molecule has 0 radical (unpaired) electrons. The van der Waals surface area contributed by atoms with Gasteiger partial charge in [-0.1, -0.05) is 18.2 Å². The molecule has 0 saturated carbocycles. The van der Waals surface area contributed by atoms with Gasteiger partial charge in [0, 0.05) is 6.54 Å². The molecular weight excluding hydrogens is 352 g/mol. The maximum atomic E-state index is 12.8. The van der Waals surface area contributed by atoms with Gasteiger partial charge in [0.1, 0.15) is 10.4 Å². The Morgan fingerprint density at radius 3 is 2.83 bits per heavy atom. The minimum Gasteiger partial charge on any atom is -0.312 e. The van der Waals surface area contributed by atoms with Crippen molar-refractivity contribution in [2.45, 2.75) is 17.9 Å². The summed E-state index contributed by atoms with van der Waals surface area (Å²) in [6.07, 6.45) is 0.781. The number of sulfonamides is 1. The Labute approximate surface area is 144 Å². The van der Waals surface area contributed by atoms with Gasteiger partial charge in [0.15, 0.2) is 5.52 Å². The average Bonchev–Trinajstić information content (AvgIpc) is 3.03. The third-order valence-corrected chi connectivity index (χ3v) is 5.32. The van der Waals surface area contributed by atoms with Gasteiger partial charge in [0.05, 0.1) is 5.69 Å². The molecule has 0 amide bonds. The van der Waals surface area contributed by atoms with Crippen LogP contribution in [0.2, 0.25) is 0 Å². The summed E-state index contributed by atoms with van der Waals surface area (Å²) in [5.41, 5.74) is 3.38. The van der Waals surface area contributed by atoms with E-state index < -0.39 is 10.0 Å². The SMILES string of the molecule is Cl.O=S(=O)(Nc1cccc2c1CCNC2)c1cccc2nonc12. The molecule has 0 unspecified atom stereocenters. The number of rotatable bonds is 3. The molecule has 1 aliphatic rings. The van der Waals surface area contributed by atoms with Crippen LogP contribution in [0, 0.1) is 0 Å². The largest absolute Gasteiger partial charge is 0.312 e. The molecule has 126 valence electrons. The van der Waals surface area contributed by atoms with Crippen molar-refractivity contribution < 1.29 is 13.0 Å². The fourth-order valence-electron chi connectivity index (χ4n) is 2.83. The first-order chi connectivity index (χ1) is 11.1. The molecule has 2 aromatic carbocycles. The van der Waals surface area contributed by atoms with Crippen LogP contribution in [0.1, 0.15) is 11.1 Å². The number of nitrogens with one attached hydrogen (secondary N) is 2. The minimum atomic E-state index is -3.78. The highest BCUT2D eigenvalue weighted by Gasteiger charge is 2.22. The van der Waals surface area contributed by atoms with E-state index in [1.165, 1.54) is 6.07 Å². The van der Waals surface area contributed by atoms with Crippen molar-refractivity contribution >= 4 is 39.2 Å². The van der Waals surface area contributed by atoms with Gasteiger partial charge in [-0.3, -0.25) is 4.72 Å². The second-order valence-corrected chi connectivity index (χ2v) is 7.01. The number of anilines is 1. The molecule has 0 spiro atoms. The van der Waals surface area contributed by atoms with Crippen LogP contribution < -0.4 is 10.0 Å². The van der Waals surface area contributed by atoms with Crippen molar-refractivity contribution in [2.75, 3.05) is 11.3 Å². The molecule has 0 atom stereocenters. The van der Waals surface area contributed by atoms with Crippen molar-refractivity contribution in [3.8, 4) is 0 Å². The van der Waals surface area contributed by atoms with E-state index >= 15 is 0 Å². The summed E-state index contributed by atoms with van der Waals surface area (Å²) in [5.74, 6) is 0. The van der Waals surface area contributed by atoms with E-state index in [1.807, 2.05) is 12.1 Å². The monoisotopic (exact) mass is 366 g/mol. The Kier molecular flexibility index (Phi) is 4.44. The Morgan fingerprint density at radius 2 is 1.96 bits per heavy atom. The summed E-state index contributed by atoms with van der Waals surface area (Å²) >= 11 is 0. The van der Waals surface area contributed by atoms with Crippen LogP contribution in [0.15, 0.2) is 45.9 Å². The zero-order valence-electron chi connectivity index (χ0n) is 12.5. The van der Waals surface area contributed by atoms with E-state index in [0.717, 1.165) is 30.6 Å². The molecule has 2 N–H and O–H groups in total. The summed E-state index contributed by atoms with van der Waals surface area (Å²) in [7, 11) is -3.78. The molecule has 0 aliphatic carbocycles. The molecule has 1 aliphatic heterocycles. The third kappa shape index (κ3) is 2.83. The Bertz CT molecular complexity index is 987. The van der Waals surface area contributed by atoms with Gasteiger partial charge in [0.2, 0.25) is 0 Å². The summed E-state index contributed by atoms with van der Waals surface area (Å²) < 4.78 is 32.8. The summed E-state index contributed by atoms with van der Waals surface area (Å²) in [4.78, 5) is 0.0581. The van der Waals surface area contributed by atoms with Crippen molar-refractivity contribution in [3.63, 3.8) is 0 Å². The second kappa shape index (κ2) is 6.39. The van der Waals surface area contributed by atoms with Crippen LogP contribution in [-0.2, 0) is 23.0 Å². The average molecular weight is 367 g/mol. The molecule has 1 aromatic heterocycles. The lowest BCUT2D eigenvalue weighted by Crippen LogP contribution is -2.25. The summed E-state index contributed by atoms with van der Waals surface area (Å²) in [5, 5.41) is 10.7. The van der Waals surface area contributed by atoms with E-state index in [0.29, 0.717) is 11.2 Å². The van der Waals surface area contributed by atoms with Gasteiger partial charge in [-0.2, -0.15) is 0 Å². The minimum absolute atomic E-state index is 0. The summed E-state index contributed by atoms with van der Waals surface area (Å²) in [6, 6.07) is 10.4. The van der Waals surface area contributed by atoms with Crippen LogP contribution in [0.4, 0.5) is 5.69 Å². The highest BCUT2D eigenvalue weighted by atomic mass is 35.5. The molecule has 24 heavy (non-hydrogen) atoms. The molecular formula is C15H15ClN4O3S. The number of hydrogen-bond donors (Lipinski definition) is 2. The number of halogens is 1. The first-order valence-corrected chi connectivity index (χ1v) is 8.69. The molecule has 0 saturated heterocycles. The molecule has 0 bridgehead atoms. The second-order valence-electron chi connectivity index (χ2n) is 5.36. The predicted molar refractivity (Wildman–Crippen MR) is 91.7 cm³/mol.